The van der Waals surface area contributed by atoms with Crippen molar-refractivity contribution in [3.05, 3.63) is 64.7 Å². The zero-order valence-electron chi connectivity index (χ0n) is 20.0. The third-order valence-corrected chi connectivity index (χ3v) is 6.73. The van der Waals surface area contributed by atoms with Crippen LogP contribution >= 0.6 is 0 Å². The molecule has 0 bridgehead atoms. The van der Waals surface area contributed by atoms with Crippen molar-refractivity contribution >= 4 is 12.0 Å². The number of alkyl halides is 3. The molecule has 0 amide bonds. The van der Waals surface area contributed by atoms with Gasteiger partial charge in [-0.3, -0.25) is 9.69 Å². The van der Waals surface area contributed by atoms with E-state index in [0.717, 1.165) is 34.8 Å². The predicted octanol–water partition coefficient (Wildman–Crippen LogP) is 5.38. The van der Waals surface area contributed by atoms with Gasteiger partial charge in [0.15, 0.2) is 0 Å². The summed E-state index contributed by atoms with van der Waals surface area (Å²) in [5, 5.41) is 0. The topological polar surface area (TPSA) is 48.0 Å². The average Bonchev–Trinajstić information content (AvgIpc) is 2.84. The van der Waals surface area contributed by atoms with Crippen molar-refractivity contribution < 1.29 is 32.2 Å². The fraction of sp³-hybridized carbons (Fsp3) is 0.444. The lowest BCUT2D eigenvalue weighted by molar-refractivity contribution is -0.158. The summed E-state index contributed by atoms with van der Waals surface area (Å²) in [6, 6.07) is 10.9. The fourth-order valence-electron chi connectivity index (χ4n) is 4.83. The standard InChI is InChI=1S/C27H30F3NO4/c1-3-34-25(32)26(16-19-5-4-6-22(14-19)27(28,29)30)9-11-31(12-10-26)17-20-13-21-15-23(33-2)7-8-24(21)35-18-20/h4-8,13-15H,3,9-12,16-18H2,1-2H3. The van der Waals surface area contributed by atoms with E-state index in [1.165, 1.54) is 6.07 Å². The van der Waals surface area contributed by atoms with Crippen LogP contribution in [-0.2, 0) is 22.1 Å². The van der Waals surface area contributed by atoms with Crippen molar-refractivity contribution in [3.63, 3.8) is 0 Å². The van der Waals surface area contributed by atoms with Gasteiger partial charge in [0.05, 0.1) is 24.7 Å². The lowest BCUT2D eigenvalue weighted by atomic mass is 9.73. The summed E-state index contributed by atoms with van der Waals surface area (Å²) in [6.45, 7) is 4.44. The van der Waals surface area contributed by atoms with Gasteiger partial charge in [0.2, 0.25) is 0 Å². The molecule has 0 aliphatic carbocycles. The fourth-order valence-corrected chi connectivity index (χ4v) is 4.83. The molecule has 0 atom stereocenters. The number of carbonyl (C=O) groups is 1. The van der Waals surface area contributed by atoms with Gasteiger partial charge >= 0.3 is 12.1 Å². The maximum atomic E-state index is 13.2. The van der Waals surface area contributed by atoms with Gasteiger partial charge in [-0.1, -0.05) is 18.2 Å². The van der Waals surface area contributed by atoms with Crippen molar-refractivity contribution in [1.82, 2.24) is 4.90 Å². The Morgan fingerprint density at radius 1 is 1.14 bits per heavy atom. The van der Waals surface area contributed by atoms with Gasteiger partial charge in [-0.05, 0) is 80.8 Å². The minimum Gasteiger partial charge on any atom is -0.497 e. The van der Waals surface area contributed by atoms with Crippen LogP contribution in [0.15, 0.2) is 48.0 Å². The number of ether oxygens (including phenoxy) is 3. The molecule has 8 heteroatoms. The lowest BCUT2D eigenvalue weighted by Crippen LogP contribution is -2.47. The summed E-state index contributed by atoms with van der Waals surface area (Å²) in [4.78, 5) is 15.2. The van der Waals surface area contributed by atoms with Crippen LogP contribution in [0.3, 0.4) is 0 Å². The molecule has 1 fully saturated rings. The second-order valence-corrected chi connectivity index (χ2v) is 9.15. The molecule has 2 aliphatic rings. The molecular formula is C27H30F3NO4. The largest absolute Gasteiger partial charge is 0.497 e. The van der Waals surface area contributed by atoms with E-state index in [9.17, 15) is 18.0 Å². The number of benzene rings is 2. The highest BCUT2D eigenvalue weighted by Gasteiger charge is 2.43. The molecule has 2 aromatic carbocycles. The highest BCUT2D eigenvalue weighted by molar-refractivity contribution is 5.77. The minimum atomic E-state index is -4.42. The zero-order valence-corrected chi connectivity index (χ0v) is 20.0. The number of methoxy groups -OCH3 is 1. The Morgan fingerprint density at radius 2 is 1.91 bits per heavy atom. The Morgan fingerprint density at radius 3 is 2.60 bits per heavy atom. The van der Waals surface area contributed by atoms with Crippen LogP contribution in [0.4, 0.5) is 13.2 Å². The molecule has 2 heterocycles. The number of likely N-dealkylation sites (tertiary alicyclic amines) is 1. The van der Waals surface area contributed by atoms with Crippen molar-refractivity contribution in [2.75, 3.05) is 40.0 Å². The van der Waals surface area contributed by atoms with Crippen LogP contribution in [0.25, 0.3) is 6.08 Å². The molecule has 4 rings (SSSR count). The van der Waals surface area contributed by atoms with Gasteiger partial charge in [0.25, 0.3) is 0 Å². The number of carbonyl (C=O) groups excluding carboxylic acids is 1. The molecule has 0 radical (unpaired) electrons. The second-order valence-electron chi connectivity index (χ2n) is 9.15. The third-order valence-electron chi connectivity index (χ3n) is 6.73. The molecule has 5 nitrogen and oxygen atoms in total. The zero-order chi connectivity index (χ0) is 25.1. The maximum Gasteiger partial charge on any atom is 0.416 e. The first kappa shape index (κ1) is 25.1. The normalized spacial score (nSPS) is 17.7. The van der Waals surface area contributed by atoms with Crippen LogP contribution in [-0.4, -0.2) is 50.8 Å². The lowest BCUT2D eigenvalue weighted by Gasteiger charge is -2.40. The van der Waals surface area contributed by atoms with E-state index in [0.29, 0.717) is 44.6 Å². The van der Waals surface area contributed by atoms with Gasteiger partial charge in [0, 0.05) is 12.1 Å². The number of hydrogen-bond donors (Lipinski definition) is 0. The number of halogens is 3. The minimum absolute atomic E-state index is 0.225. The molecule has 0 aromatic heterocycles. The number of esters is 1. The van der Waals surface area contributed by atoms with E-state index in [1.807, 2.05) is 18.2 Å². The van der Waals surface area contributed by atoms with Gasteiger partial charge in [-0.2, -0.15) is 13.2 Å². The summed E-state index contributed by atoms with van der Waals surface area (Å²) >= 11 is 0. The number of rotatable bonds is 7. The molecule has 35 heavy (non-hydrogen) atoms. The quantitative estimate of drug-likeness (QED) is 0.489. The molecule has 0 unspecified atom stereocenters. The van der Waals surface area contributed by atoms with Crippen LogP contribution < -0.4 is 9.47 Å². The predicted molar refractivity (Wildman–Crippen MR) is 126 cm³/mol. The Labute approximate surface area is 203 Å². The second kappa shape index (κ2) is 10.3. The highest BCUT2D eigenvalue weighted by Crippen LogP contribution is 2.39. The Balaban J connectivity index is 1.46. The molecule has 2 aliphatic heterocycles. The van der Waals surface area contributed by atoms with Gasteiger partial charge in [0.1, 0.15) is 18.1 Å². The molecule has 0 N–H and O–H groups in total. The van der Waals surface area contributed by atoms with E-state index < -0.39 is 17.2 Å². The monoisotopic (exact) mass is 489 g/mol. The molecule has 2 aromatic rings. The number of fused-ring (bicyclic) bond motifs is 1. The van der Waals surface area contributed by atoms with Gasteiger partial charge in [-0.25, -0.2) is 0 Å². The summed E-state index contributed by atoms with van der Waals surface area (Å²) in [6.07, 6.45) is -1.06. The van der Waals surface area contributed by atoms with Crippen molar-refractivity contribution in [2.24, 2.45) is 5.41 Å². The van der Waals surface area contributed by atoms with Gasteiger partial charge in [-0.15, -0.1) is 0 Å². The summed E-state index contributed by atoms with van der Waals surface area (Å²) < 4.78 is 56.2. The molecule has 0 saturated carbocycles. The van der Waals surface area contributed by atoms with E-state index in [2.05, 4.69) is 11.0 Å². The van der Waals surface area contributed by atoms with Crippen LogP contribution in [0.1, 0.15) is 36.5 Å². The number of piperidine rings is 1. The maximum absolute atomic E-state index is 13.2. The van der Waals surface area contributed by atoms with E-state index >= 15 is 0 Å². The Hall–Kier alpha value is -3.00. The number of hydrogen-bond acceptors (Lipinski definition) is 5. The smallest absolute Gasteiger partial charge is 0.416 e. The van der Waals surface area contributed by atoms with Crippen LogP contribution in [0.2, 0.25) is 0 Å². The molecular weight excluding hydrogens is 459 g/mol. The Bertz CT molecular complexity index is 1090. The van der Waals surface area contributed by atoms with Crippen LogP contribution in [0, 0.1) is 5.41 Å². The van der Waals surface area contributed by atoms with E-state index in [1.54, 1.807) is 20.1 Å². The van der Waals surface area contributed by atoms with Crippen molar-refractivity contribution in [2.45, 2.75) is 32.4 Å². The van der Waals surface area contributed by atoms with Gasteiger partial charge < -0.3 is 14.2 Å². The first-order valence-corrected chi connectivity index (χ1v) is 11.8. The van der Waals surface area contributed by atoms with E-state index in [-0.39, 0.29) is 19.0 Å². The average molecular weight is 490 g/mol. The first-order valence-electron chi connectivity index (χ1n) is 11.8. The van der Waals surface area contributed by atoms with Crippen molar-refractivity contribution in [1.29, 1.82) is 0 Å². The SMILES string of the molecule is CCOC(=O)C1(Cc2cccc(C(F)(F)F)c2)CCN(CC2=Cc3cc(OC)ccc3OC2)CC1. The Kier molecular flexibility index (Phi) is 7.40. The summed E-state index contributed by atoms with van der Waals surface area (Å²) in [5.74, 6) is 1.24. The molecule has 188 valence electrons. The third kappa shape index (κ3) is 5.81. The van der Waals surface area contributed by atoms with Crippen molar-refractivity contribution in [3.8, 4) is 11.5 Å². The highest BCUT2D eigenvalue weighted by atomic mass is 19.4. The molecule has 1 saturated heterocycles. The first-order chi connectivity index (χ1) is 16.7. The summed E-state index contributed by atoms with van der Waals surface area (Å²) in [7, 11) is 1.62. The summed E-state index contributed by atoms with van der Waals surface area (Å²) in [5.41, 5.74) is 1.04. The van der Waals surface area contributed by atoms with E-state index in [4.69, 9.17) is 14.2 Å². The van der Waals surface area contributed by atoms with Crippen LogP contribution in [0.5, 0.6) is 11.5 Å². The molecule has 0 spiro atoms. The number of nitrogens with zero attached hydrogens (tertiary/aromatic N) is 1.